The lowest BCUT2D eigenvalue weighted by molar-refractivity contribution is 0.102. The maximum Gasteiger partial charge on any atom is 0.322 e. The van der Waals surface area contributed by atoms with Crippen molar-refractivity contribution in [2.45, 2.75) is 6.42 Å². The molecule has 0 saturated carbocycles. The Labute approximate surface area is 114 Å². The van der Waals surface area contributed by atoms with Gasteiger partial charge in [0.2, 0.25) is 11.8 Å². The fourth-order valence-corrected chi connectivity index (χ4v) is 1.53. The van der Waals surface area contributed by atoms with Gasteiger partial charge < -0.3 is 13.9 Å². The average molecular weight is 281 g/mol. The SMILES string of the molecule is COCCc1nnc(NC(=O)c2cn(C)nc2OC)o1. The van der Waals surface area contributed by atoms with Gasteiger partial charge in [0.05, 0.1) is 13.7 Å². The first-order valence-electron chi connectivity index (χ1n) is 5.84. The van der Waals surface area contributed by atoms with E-state index < -0.39 is 5.91 Å². The number of hydrogen-bond donors (Lipinski definition) is 1. The molecule has 0 bridgehead atoms. The van der Waals surface area contributed by atoms with Gasteiger partial charge >= 0.3 is 6.01 Å². The van der Waals surface area contributed by atoms with Gasteiger partial charge in [-0.1, -0.05) is 5.10 Å². The summed E-state index contributed by atoms with van der Waals surface area (Å²) >= 11 is 0. The molecule has 0 saturated heterocycles. The number of rotatable bonds is 6. The van der Waals surface area contributed by atoms with Crippen LogP contribution in [0.1, 0.15) is 16.2 Å². The lowest BCUT2D eigenvalue weighted by Gasteiger charge is -1.99. The first-order valence-corrected chi connectivity index (χ1v) is 5.84. The van der Waals surface area contributed by atoms with Crippen molar-refractivity contribution >= 4 is 11.9 Å². The predicted octanol–water partition coefficient (Wildman–Crippen LogP) is 0.253. The molecule has 2 rings (SSSR count). The molecule has 9 heteroatoms. The molecule has 2 aromatic heterocycles. The van der Waals surface area contributed by atoms with Crippen LogP contribution in [0.2, 0.25) is 0 Å². The van der Waals surface area contributed by atoms with E-state index in [-0.39, 0.29) is 17.5 Å². The number of anilines is 1. The van der Waals surface area contributed by atoms with Gasteiger partial charge in [0, 0.05) is 26.8 Å². The van der Waals surface area contributed by atoms with Gasteiger partial charge in [0.25, 0.3) is 5.91 Å². The van der Waals surface area contributed by atoms with E-state index in [1.54, 1.807) is 14.2 Å². The van der Waals surface area contributed by atoms with Gasteiger partial charge in [-0.3, -0.25) is 14.8 Å². The van der Waals surface area contributed by atoms with Gasteiger partial charge in [-0.2, -0.15) is 0 Å². The number of ether oxygens (including phenoxy) is 2. The zero-order valence-corrected chi connectivity index (χ0v) is 11.4. The third kappa shape index (κ3) is 3.12. The van der Waals surface area contributed by atoms with Crippen LogP contribution in [0.5, 0.6) is 5.88 Å². The first-order chi connectivity index (χ1) is 9.63. The quantitative estimate of drug-likeness (QED) is 0.809. The van der Waals surface area contributed by atoms with Gasteiger partial charge in [0.15, 0.2) is 0 Å². The number of amides is 1. The third-order valence-corrected chi connectivity index (χ3v) is 2.44. The summed E-state index contributed by atoms with van der Waals surface area (Å²) < 4.78 is 16.6. The monoisotopic (exact) mass is 281 g/mol. The maximum atomic E-state index is 12.0. The highest BCUT2D eigenvalue weighted by molar-refractivity contribution is 6.04. The number of aromatic nitrogens is 4. The number of carbonyl (C=O) groups is 1. The second kappa shape index (κ2) is 6.15. The summed E-state index contributed by atoms with van der Waals surface area (Å²) in [7, 11) is 4.71. The minimum absolute atomic E-state index is 0.0204. The molecule has 0 aromatic carbocycles. The molecular formula is C11H15N5O4. The van der Waals surface area contributed by atoms with Crippen molar-refractivity contribution in [1.29, 1.82) is 0 Å². The molecule has 20 heavy (non-hydrogen) atoms. The van der Waals surface area contributed by atoms with Gasteiger partial charge in [-0.05, 0) is 0 Å². The van der Waals surface area contributed by atoms with Gasteiger partial charge in [-0.25, -0.2) is 0 Å². The highest BCUT2D eigenvalue weighted by Gasteiger charge is 2.18. The van der Waals surface area contributed by atoms with Crippen molar-refractivity contribution < 1.29 is 18.7 Å². The molecule has 0 unspecified atom stereocenters. The molecule has 108 valence electrons. The lowest BCUT2D eigenvalue weighted by Crippen LogP contribution is -2.12. The molecule has 2 heterocycles. The molecule has 0 spiro atoms. The number of nitrogens with one attached hydrogen (secondary N) is 1. The molecule has 0 radical (unpaired) electrons. The van der Waals surface area contributed by atoms with Crippen LogP contribution in [0, 0.1) is 0 Å². The van der Waals surface area contributed by atoms with Crippen LogP contribution < -0.4 is 10.1 Å². The summed E-state index contributed by atoms with van der Waals surface area (Å²) in [5.74, 6) is 0.182. The average Bonchev–Trinajstić information content (AvgIpc) is 3.02. The predicted molar refractivity (Wildman–Crippen MR) is 67.6 cm³/mol. The standard InChI is InChI=1S/C11H15N5O4/c1-16-6-7(10(15-16)19-3)9(17)12-11-14-13-8(20-11)4-5-18-2/h6H,4-5H2,1-3H3,(H,12,14,17). The van der Waals surface area contributed by atoms with Crippen LogP contribution in [-0.4, -0.2) is 46.7 Å². The smallest absolute Gasteiger partial charge is 0.322 e. The van der Waals surface area contributed by atoms with Crippen LogP contribution in [0.15, 0.2) is 10.6 Å². The van der Waals surface area contributed by atoms with Crippen molar-refractivity contribution in [3.8, 4) is 5.88 Å². The Bertz CT molecular complexity index is 591. The van der Waals surface area contributed by atoms with Crippen LogP contribution in [0.4, 0.5) is 6.01 Å². The highest BCUT2D eigenvalue weighted by Crippen LogP contribution is 2.16. The first kappa shape index (κ1) is 14.0. The molecular weight excluding hydrogens is 266 g/mol. The van der Waals surface area contributed by atoms with Crippen molar-refractivity contribution in [2.75, 3.05) is 26.1 Å². The van der Waals surface area contributed by atoms with Crippen LogP contribution in [0.3, 0.4) is 0 Å². The van der Waals surface area contributed by atoms with Crippen molar-refractivity contribution in [1.82, 2.24) is 20.0 Å². The second-order valence-corrected chi connectivity index (χ2v) is 3.92. The Morgan fingerprint density at radius 3 is 2.95 bits per heavy atom. The molecule has 0 aliphatic heterocycles. The number of aryl methyl sites for hydroxylation is 1. The molecule has 1 N–H and O–H groups in total. The zero-order chi connectivity index (χ0) is 14.5. The van der Waals surface area contributed by atoms with E-state index in [4.69, 9.17) is 13.9 Å². The second-order valence-electron chi connectivity index (χ2n) is 3.92. The Hall–Kier alpha value is -2.42. The summed E-state index contributed by atoms with van der Waals surface area (Å²) in [5.41, 5.74) is 0.284. The van der Waals surface area contributed by atoms with Gasteiger partial charge in [0.1, 0.15) is 5.56 Å². The molecule has 9 nitrogen and oxygen atoms in total. The van der Waals surface area contributed by atoms with Crippen molar-refractivity contribution in [2.24, 2.45) is 7.05 Å². The fourth-order valence-electron chi connectivity index (χ4n) is 1.53. The van der Waals surface area contributed by atoms with E-state index in [9.17, 15) is 4.79 Å². The zero-order valence-electron chi connectivity index (χ0n) is 11.4. The Kier molecular flexibility index (Phi) is 4.31. The summed E-state index contributed by atoms with van der Waals surface area (Å²) in [6.07, 6.45) is 2.02. The number of methoxy groups -OCH3 is 2. The van der Waals surface area contributed by atoms with E-state index in [1.807, 2.05) is 0 Å². The molecule has 1 amide bonds. The fraction of sp³-hybridized carbons (Fsp3) is 0.455. The summed E-state index contributed by atoms with van der Waals surface area (Å²) in [5, 5.41) is 14.0. The summed E-state index contributed by atoms with van der Waals surface area (Å²) in [6.45, 7) is 0.464. The van der Waals surface area contributed by atoms with E-state index in [0.29, 0.717) is 18.9 Å². The Morgan fingerprint density at radius 2 is 2.25 bits per heavy atom. The minimum Gasteiger partial charge on any atom is -0.479 e. The summed E-state index contributed by atoms with van der Waals surface area (Å²) in [4.78, 5) is 12.0. The number of carbonyl (C=O) groups excluding carboxylic acids is 1. The molecule has 0 atom stereocenters. The van der Waals surface area contributed by atoms with Crippen LogP contribution in [0.25, 0.3) is 0 Å². The summed E-state index contributed by atoms with van der Waals surface area (Å²) in [6, 6.07) is 0.0204. The Balaban J connectivity index is 2.05. The topological polar surface area (TPSA) is 104 Å². The van der Waals surface area contributed by atoms with E-state index in [0.717, 1.165) is 0 Å². The molecule has 0 fully saturated rings. The van der Waals surface area contributed by atoms with Crippen molar-refractivity contribution in [3.05, 3.63) is 17.7 Å². The molecule has 0 aliphatic carbocycles. The lowest BCUT2D eigenvalue weighted by atomic mass is 10.3. The minimum atomic E-state index is -0.433. The number of nitrogens with zero attached hydrogens (tertiary/aromatic N) is 4. The van der Waals surface area contributed by atoms with E-state index in [2.05, 4.69) is 20.6 Å². The number of hydrogen-bond acceptors (Lipinski definition) is 7. The van der Waals surface area contributed by atoms with Gasteiger partial charge in [-0.15, -0.1) is 10.2 Å². The molecule has 2 aromatic rings. The Morgan fingerprint density at radius 1 is 1.45 bits per heavy atom. The largest absolute Gasteiger partial charge is 0.479 e. The van der Waals surface area contributed by atoms with Crippen LogP contribution in [-0.2, 0) is 18.2 Å². The third-order valence-electron chi connectivity index (χ3n) is 2.44. The normalized spacial score (nSPS) is 10.6. The van der Waals surface area contributed by atoms with E-state index in [1.165, 1.54) is 18.0 Å². The maximum absolute atomic E-state index is 12.0. The van der Waals surface area contributed by atoms with Crippen molar-refractivity contribution in [3.63, 3.8) is 0 Å². The van der Waals surface area contributed by atoms with Crippen LogP contribution >= 0.6 is 0 Å². The molecule has 0 aliphatic rings. The van der Waals surface area contributed by atoms with E-state index >= 15 is 0 Å². The highest BCUT2D eigenvalue weighted by atomic mass is 16.5.